The second-order valence-electron chi connectivity index (χ2n) is 6.52. The monoisotopic (exact) mass is 441 g/mol. The summed E-state index contributed by atoms with van der Waals surface area (Å²) in [5, 5.41) is 0. The number of carbonyl (C=O) groups excluding carboxylic acids is 1. The quantitative estimate of drug-likeness (QED) is 0.346. The minimum atomic E-state index is -4.70. The van der Waals surface area contributed by atoms with Crippen LogP contribution in [0.5, 0.6) is 0 Å². The summed E-state index contributed by atoms with van der Waals surface area (Å²) in [6.45, 7) is 5.06. The highest BCUT2D eigenvalue weighted by Gasteiger charge is 2.32. The number of amides is 1. The van der Waals surface area contributed by atoms with Crippen LogP contribution in [-0.4, -0.2) is 24.2 Å². The Morgan fingerprint density at radius 3 is 2.27 bits per heavy atom. The van der Waals surface area contributed by atoms with Crippen molar-refractivity contribution >= 4 is 28.1 Å². The summed E-state index contributed by atoms with van der Waals surface area (Å²) in [5.74, 6) is 2.50. The third kappa shape index (κ3) is 6.09. The molecule has 0 aliphatic rings. The fraction of sp³-hybridized carbons (Fsp3) is 0.238. The second kappa shape index (κ2) is 9.80. The molecular formula is C21H23F4N3OS. The zero-order chi connectivity index (χ0) is 22.5. The number of benzene rings is 2. The molecule has 4 nitrogen and oxygen atoms in total. The highest BCUT2D eigenvalue weighted by Crippen LogP contribution is 2.28. The summed E-state index contributed by atoms with van der Waals surface area (Å²) in [6.07, 6.45) is -1.88. The lowest BCUT2D eigenvalue weighted by Crippen LogP contribution is -2.40. The number of nitrogens with zero attached hydrogens (tertiary/aromatic N) is 1. The number of hydrogen-bond donors (Lipinski definition) is 2. The lowest BCUT2D eigenvalue weighted by Gasteiger charge is -2.26. The minimum absolute atomic E-state index is 0.123. The molecule has 2 rings (SSSR count). The van der Waals surface area contributed by atoms with Gasteiger partial charge in [0.15, 0.2) is 0 Å². The lowest BCUT2D eigenvalue weighted by atomic mass is 10.1. The topological polar surface area (TPSA) is 44.4 Å². The highest BCUT2D eigenvalue weighted by atomic mass is 32.2. The van der Waals surface area contributed by atoms with Gasteiger partial charge < -0.3 is 4.31 Å². The Hall–Kier alpha value is -2.81. The van der Waals surface area contributed by atoms with E-state index in [-0.39, 0.29) is 12.1 Å². The molecule has 2 N–H and O–H groups in total. The molecule has 0 radical (unpaired) electrons. The van der Waals surface area contributed by atoms with E-state index in [1.807, 2.05) is 40.3 Å². The summed E-state index contributed by atoms with van der Waals surface area (Å²) in [4.78, 5) is 12.0. The van der Waals surface area contributed by atoms with Gasteiger partial charge in [-0.05, 0) is 42.5 Å². The van der Waals surface area contributed by atoms with Crippen molar-refractivity contribution in [3.05, 3.63) is 77.2 Å². The van der Waals surface area contributed by atoms with Crippen LogP contribution in [0.4, 0.5) is 23.2 Å². The van der Waals surface area contributed by atoms with Gasteiger partial charge in [-0.25, -0.2) is 4.39 Å². The van der Waals surface area contributed by atoms with Crippen LogP contribution in [0.3, 0.4) is 0 Å². The molecule has 0 saturated carbocycles. The van der Waals surface area contributed by atoms with Gasteiger partial charge in [0.05, 0.1) is 6.54 Å². The largest absolute Gasteiger partial charge is 0.432 e. The Bertz CT molecular complexity index is 942. The van der Waals surface area contributed by atoms with Crippen LogP contribution in [0.1, 0.15) is 28.4 Å². The van der Waals surface area contributed by atoms with Gasteiger partial charge in [-0.1, -0.05) is 37.6 Å². The van der Waals surface area contributed by atoms with Gasteiger partial charge in [0, 0.05) is 16.8 Å². The van der Waals surface area contributed by atoms with E-state index in [1.165, 1.54) is 17.7 Å². The first kappa shape index (κ1) is 23.5. The van der Waals surface area contributed by atoms with E-state index in [0.717, 1.165) is 18.2 Å². The molecule has 9 heteroatoms. The Labute approximate surface area is 175 Å². The number of halogens is 4. The summed E-state index contributed by atoms with van der Waals surface area (Å²) in [7, 11) is -0.442. The van der Waals surface area contributed by atoms with E-state index in [4.69, 9.17) is 0 Å². The first-order chi connectivity index (χ1) is 14.0. The van der Waals surface area contributed by atoms with Crippen LogP contribution >= 0.6 is 10.7 Å². The maximum atomic E-state index is 14.6. The number of carbonyl (C=O) groups is 1. The molecule has 0 spiro atoms. The molecule has 1 amide bonds. The second-order valence-corrected chi connectivity index (χ2v) is 8.16. The van der Waals surface area contributed by atoms with Crippen LogP contribution in [0.2, 0.25) is 0 Å². The van der Waals surface area contributed by atoms with Crippen molar-refractivity contribution in [2.75, 3.05) is 10.6 Å². The lowest BCUT2D eigenvalue weighted by molar-refractivity contribution is -0.0972. The van der Waals surface area contributed by atoms with E-state index >= 15 is 0 Å². The fourth-order valence-electron chi connectivity index (χ4n) is 2.53. The number of aryl methyl sites for hydroxylation is 1. The molecule has 2 aromatic rings. The van der Waals surface area contributed by atoms with Crippen molar-refractivity contribution in [2.45, 2.75) is 26.1 Å². The smallest absolute Gasteiger partial charge is 0.318 e. The van der Waals surface area contributed by atoms with E-state index in [1.54, 1.807) is 5.43 Å². The molecule has 2 aromatic carbocycles. The zero-order valence-corrected chi connectivity index (χ0v) is 17.5. The Morgan fingerprint density at radius 2 is 1.77 bits per heavy atom. The maximum absolute atomic E-state index is 14.6. The fourth-order valence-corrected chi connectivity index (χ4v) is 3.37. The van der Waals surface area contributed by atoms with Crippen LogP contribution < -0.4 is 15.2 Å². The molecule has 30 heavy (non-hydrogen) atoms. The van der Waals surface area contributed by atoms with Gasteiger partial charge in [-0.3, -0.25) is 15.6 Å². The normalized spacial score (nSPS) is 12.2. The molecule has 1 unspecified atom stereocenters. The molecule has 0 aromatic heterocycles. The first-order valence-corrected chi connectivity index (χ1v) is 10.7. The minimum Gasteiger partial charge on any atom is -0.318 e. The van der Waals surface area contributed by atoms with Gasteiger partial charge in [0.2, 0.25) is 0 Å². The van der Waals surface area contributed by atoms with Gasteiger partial charge in [0.25, 0.3) is 5.91 Å². The number of nitrogens with one attached hydrogen (secondary N) is 2. The number of alkyl halides is 3. The van der Waals surface area contributed by atoms with Crippen LogP contribution in [0.25, 0.3) is 0 Å². The van der Waals surface area contributed by atoms with Crippen molar-refractivity contribution in [1.82, 2.24) is 10.9 Å². The summed E-state index contributed by atoms with van der Waals surface area (Å²) in [6, 6.07) is 11.7. The SMILES string of the molecule is C=C(NNC(=O)c1ccc(CN(c2ccc(CC)cc2)S(=C)C)c(F)c1)C(F)(F)F. The standard InChI is InChI=1S/C21H23F4N3OS/c1-5-15-6-10-18(11-7-15)28(30(3)4)13-17-9-8-16(12-19(17)22)20(29)27-26-14(2)21(23,24)25/h6-12,26H,2-3,5,13H2,1,4H3,(H,27,29). The van der Waals surface area contributed by atoms with Crippen LogP contribution in [0, 0.1) is 5.82 Å². The molecule has 0 bridgehead atoms. The Kier molecular flexibility index (Phi) is 7.66. The predicted molar refractivity (Wildman–Crippen MR) is 115 cm³/mol. The predicted octanol–water partition coefficient (Wildman–Crippen LogP) is 4.95. The number of hydrogen-bond acceptors (Lipinski definition) is 3. The average Bonchev–Trinajstić information content (AvgIpc) is 2.69. The summed E-state index contributed by atoms with van der Waals surface area (Å²) >= 11 is 0. The molecule has 0 fully saturated rings. The van der Waals surface area contributed by atoms with E-state index in [2.05, 4.69) is 19.4 Å². The molecule has 0 saturated heterocycles. The van der Waals surface area contributed by atoms with Crippen molar-refractivity contribution < 1.29 is 22.4 Å². The third-order valence-electron chi connectivity index (χ3n) is 4.31. The Morgan fingerprint density at radius 1 is 1.13 bits per heavy atom. The van der Waals surface area contributed by atoms with Crippen molar-refractivity contribution in [1.29, 1.82) is 0 Å². The summed E-state index contributed by atoms with van der Waals surface area (Å²) in [5.41, 5.74) is 4.49. The number of anilines is 1. The molecule has 0 aliphatic heterocycles. The maximum Gasteiger partial charge on any atom is 0.432 e. The number of rotatable bonds is 8. The number of allylic oxidation sites excluding steroid dienone is 1. The van der Waals surface area contributed by atoms with Crippen molar-refractivity contribution in [2.24, 2.45) is 0 Å². The average molecular weight is 441 g/mol. The van der Waals surface area contributed by atoms with Gasteiger partial charge in [-0.2, -0.15) is 13.2 Å². The van der Waals surface area contributed by atoms with Crippen molar-refractivity contribution in [3.63, 3.8) is 0 Å². The molecule has 0 aliphatic carbocycles. The Balaban J connectivity index is 2.13. The molecule has 162 valence electrons. The van der Waals surface area contributed by atoms with E-state index < -0.39 is 34.3 Å². The van der Waals surface area contributed by atoms with Gasteiger partial charge >= 0.3 is 6.18 Å². The molecule has 1 atom stereocenters. The van der Waals surface area contributed by atoms with Gasteiger partial charge in [-0.15, -0.1) is 10.7 Å². The molecular weight excluding hydrogens is 418 g/mol. The van der Waals surface area contributed by atoms with Crippen LogP contribution in [0.15, 0.2) is 54.7 Å². The zero-order valence-electron chi connectivity index (χ0n) is 16.6. The highest BCUT2D eigenvalue weighted by molar-refractivity contribution is 8.14. The summed E-state index contributed by atoms with van der Waals surface area (Å²) < 4.78 is 53.8. The van der Waals surface area contributed by atoms with E-state index in [0.29, 0.717) is 5.56 Å². The van der Waals surface area contributed by atoms with Gasteiger partial charge in [0.1, 0.15) is 11.5 Å². The van der Waals surface area contributed by atoms with Crippen LogP contribution in [-0.2, 0) is 13.0 Å². The number of hydrazine groups is 1. The van der Waals surface area contributed by atoms with Crippen molar-refractivity contribution in [3.8, 4) is 0 Å². The first-order valence-electron chi connectivity index (χ1n) is 8.96. The van der Waals surface area contributed by atoms with E-state index in [9.17, 15) is 22.4 Å². The third-order valence-corrected chi connectivity index (χ3v) is 5.40. The molecule has 0 heterocycles.